The van der Waals surface area contributed by atoms with E-state index in [9.17, 15) is 0 Å². The minimum absolute atomic E-state index is 1.09. The zero-order valence-corrected chi connectivity index (χ0v) is 7.48. The Morgan fingerprint density at radius 2 is 2.10 bits per heavy atom. The van der Waals surface area contributed by atoms with Crippen molar-refractivity contribution < 1.29 is 0 Å². The molecule has 0 spiro atoms. The average Bonchev–Trinajstić information content (AvgIpc) is 2.10. The number of hydrogen-bond donors (Lipinski definition) is 1. The zero-order chi connectivity index (χ0) is 7.82. The Kier molecular flexibility index (Phi) is 6.98. The Hall–Kier alpha value is -0.0800. The lowest BCUT2D eigenvalue weighted by molar-refractivity contribution is 0.226. The van der Waals surface area contributed by atoms with Crippen LogP contribution in [0.2, 0.25) is 0 Å². The maximum Gasteiger partial charge on any atom is 0.0480 e. The van der Waals surface area contributed by atoms with Gasteiger partial charge in [0.15, 0.2) is 0 Å². The topological polar surface area (TPSA) is 15.3 Å². The second kappa shape index (κ2) is 7.03. The van der Waals surface area contributed by atoms with Gasteiger partial charge in [-0.2, -0.15) is 0 Å². The van der Waals surface area contributed by atoms with E-state index in [2.05, 4.69) is 17.1 Å². The smallest absolute Gasteiger partial charge is 0.0480 e. The van der Waals surface area contributed by atoms with Crippen LogP contribution in [0.15, 0.2) is 0 Å². The molecule has 0 aromatic carbocycles. The fraction of sp³-hybridized carbons (Fsp3) is 1.00. The van der Waals surface area contributed by atoms with Crippen molar-refractivity contribution in [1.29, 1.82) is 0 Å². The molecule has 1 N–H and O–H groups in total. The van der Waals surface area contributed by atoms with Crippen molar-refractivity contribution in [2.24, 2.45) is 0 Å². The van der Waals surface area contributed by atoms with Crippen molar-refractivity contribution in [1.82, 2.24) is 10.2 Å². The molecule has 2 nitrogen and oxygen atoms in total. The molecule has 1 heterocycles. The predicted octanol–water partition coefficient (Wildman–Crippen LogP) is 1.29. The summed E-state index contributed by atoms with van der Waals surface area (Å²) in [6.07, 6.45) is 1.31. The number of rotatable bonds is 1. The van der Waals surface area contributed by atoms with Gasteiger partial charge in [-0.1, -0.05) is 20.8 Å². The molecule has 0 aliphatic carbocycles. The van der Waals surface area contributed by atoms with Crippen LogP contribution in [0, 0.1) is 0 Å². The lowest BCUT2D eigenvalue weighted by atomic mass is 10.3. The van der Waals surface area contributed by atoms with Gasteiger partial charge in [-0.15, -0.1) is 0 Å². The van der Waals surface area contributed by atoms with E-state index in [0.717, 1.165) is 6.67 Å². The maximum atomic E-state index is 3.31. The zero-order valence-electron chi connectivity index (χ0n) is 7.48. The first-order chi connectivity index (χ1) is 4.93. The molecule has 2 heteroatoms. The van der Waals surface area contributed by atoms with Gasteiger partial charge in [-0.3, -0.25) is 4.90 Å². The minimum Gasteiger partial charge on any atom is -0.304 e. The van der Waals surface area contributed by atoms with E-state index in [-0.39, 0.29) is 0 Å². The van der Waals surface area contributed by atoms with E-state index in [4.69, 9.17) is 0 Å². The molecular formula is C8H20N2. The number of nitrogens with zero attached hydrogens (tertiary/aromatic N) is 1. The second-order valence-corrected chi connectivity index (χ2v) is 2.22. The average molecular weight is 144 g/mol. The standard InChI is InChI=1S/C6H14N2.C2H6/c1-2-8-5-3-4-7-6-8;1-2/h7H,2-6H2,1H3;1-2H3. The molecule has 0 aromatic rings. The lowest BCUT2D eigenvalue weighted by Crippen LogP contribution is -2.41. The summed E-state index contributed by atoms with van der Waals surface area (Å²) in [5.74, 6) is 0. The third-order valence-corrected chi connectivity index (χ3v) is 1.61. The third-order valence-electron chi connectivity index (χ3n) is 1.61. The van der Waals surface area contributed by atoms with Crippen LogP contribution in [0.5, 0.6) is 0 Å². The van der Waals surface area contributed by atoms with Crippen molar-refractivity contribution in [2.45, 2.75) is 27.2 Å². The van der Waals surface area contributed by atoms with Crippen LogP contribution < -0.4 is 5.32 Å². The van der Waals surface area contributed by atoms with Gasteiger partial charge in [0, 0.05) is 13.2 Å². The Morgan fingerprint density at radius 1 is 1.40 bits per heavy atom. The monoisotopic (exact) mass is 144 g/mol. The van der Waals surface area contributed by atoms with Crippen LogP contribution in [0.25, 0.3) is 0 Å². The first-order valence-electron chi connectivity index (χ1n) is 4.36. The lowest BCUT2D eigenvalue weighted by Gasteiger charge is -2.25. The van der Waals surface area contributed by atoms with Crippen molar-refractivity contribution in [3.05, 3.63) is 0 Å². The molecule has 10 heavy (non-hydrogen) atoms. The molecule has 1 fully saturated rings. The fourth-order valence-electron chi connectivity index (χ4n) is 1.01. The van der Waals surface area contributed by atoms with Gasteiger partial charge >= 0.3 is 0 Å². The molecule has 1 aliphatic heterocycles. The SMILES string of the molecule is CC.CCN1CCCNC1. The molecule has 0 bridgehead atoms. The Labute approximate surface area is 64.6 Å². The van der Waals surface area contributed by atoms with Crippen LogP contribution in [0.1, 0.15) is 27.2 Å². The second-order valence-electron chi connectivity index (χ2n) is 2.22. The molecule has 0 aromatic heterocycles. The molecule has 0 radical (unpaired) electrons. The summed E-state index contributed by atoms with van der Waals surface area (Å²) in [6, 6.07) is 0. The van der Waals surface area contributed by atoms with Crippen LogP contribution in [-0.2, 0) is 0 Å². The normalized spacial score (nSPS) is 19.5. The van der Waals surface area contributed by atoms with Crippen LogP contribution in [-0.4, -0.2) is 31.2 Å². The Morgan fingerprint density at radius 3 is 2.40 bits per heavy atom. The summed E-state index contributed by atoms with van der Waals surface area (Å²) < 4.78 is 0. The minimum atomic E-state index is 1.09. The third kappa shape index (κ3) is 3.85. The van der Waals surface area contributed by atoms with Gasteiger partial charge in [0.25, 0.3) is 0 Å². The van der Waals surface area contributed by atoms with E-state index in [1.165, 1.54) is 26.1 Å². The fourth-order valence-corrected chi connectivity index (χ4v) is 1.01. The van der Waals surface area contributed by atoms with Crippen LogP contribution in [0.4, 0.5) is 0 Å². The Bertz CT molecular complexity index is 58.3. The van der Waals surface area contributed by atoms with Crippen molar-refractivity contribution in [3.8, 4) is 0 Å². The van der Waals surface area contributed by atoms with E-state index in [0.29, 0.717) is 0 Å². The molecule has 0 amide bonds. The van der Waals surface area contributed by atoms with Gasteiger partial charge < -0.3 is 5.32 Å². The largest absolute Gasteiger partial charge is 0.304 e. The molecule has 62 valence electrons. The maximum absolute atomic E-state index is 3.31. The predicted molar refractivity (Wildman–Crippen MR) is 46.1 cm³/mol. The van der Waals surface area contributed by atoms with Gasteiger partial charge in [-0.25, -0.2) is 0 Å². The number of hydrogen-bond acceptors (Lipinski definition) is 2. The summed E-state index contributed by atoms with van der Waals surface area (Å²) >= 11 is 0. The van der Waals surface area contributed by atoms with Crippen LogP contribution in [0.3, 0.4) is 0 Å². The summed E-state index contributed by atoms with van der Waals surface area (Å²) in [5.41, 5.74) is 0. The number of nitrogens with one attached hydrogen (secondary N) is 1. The Balaban J connectivity index is 0.000000371. The van der Waals surface area contributed by atoms with Gasteiger partial charge in [0.05, 0.1) is 0 Å². The van der Waals surface area contributed by atoms with E-state index in [1.807, 2.05) is 13.8 Å². The van der Waals surface area contributed by atoms with Crippen molar-refractivity contribution in [2.75, 3.05) is 26.3 Å². The van der Waals surface area contributed by atoms with E-state index < -0.39 is 0 Å². The molecular weight excluding hydrogens is 124 g/mol. The van der Waals surface area contributed by atoms with Gasteiger partial charge in [-0.05, 0) is 19.5 Å². The summed E-state index contributed by atoms with van der Waals surface area (Å²) in [4.78, 5) is 2.41. The highest BCUT2D eigenvalue weighted by Crippen LogP contribution is 1.92. The molecule has 0 saturated carbocycles. The van der Waals surface area contributed by atoms with Crippen LogP contribution >= 0.6 is 0 Å². The highest BCUT2D eigenvalue weighted by molar-refractivity contribution is 4.60. The molecule has 0 unspecified atom stereocenters. The first-order valence-corrected chi connectivity index (χ1v) is 4.36. The molecule has 1 saturated heterocycles. The summed E-state index contributed by atoms with van der Waals surface area (Å²) in [5, 5.41) is 3.31. The summed E-state index contributed by atoms with van der Waals surface area (Å²) in [7, 11) is 0. The van der Waals surface area contributed by atoms with E-state index >= 15 is 0 Å². The first kappa shape index (κ1) is 9.92. The molecule has 1 rings (SSSR count). The quantitative estimate of drug-likeness (QED) is 0.596. The van der Waals surface area contributed by atoms with E-state index in [1.54, 1.807) is 0 Å². The molecule has 0 atom stereocenters. The summed E-state index contributed by atoms with van der Waals surface area (Å²) in [6.45, 7) is 11.0. The van der Waals surface area contributed by atoms with Crippen molar-refractivity contribution in [3.63, 3.8) is 0 Å². The van der Waals surface area contributed by atoms with Gasteiger partial charge in [0.1, 0.15) is 0 Å². The highest BCUT2D eigenvalue weighted by atomic mass is 15.2. The molecule has 1 aliphatic rings. The van der Waals surface area contributed by atoms with Gasteiger partial charge in [0.2, 0.25) is 0 Å². The van der Waals surface area contributed by atoms with Crippen molar-refractivity contribution >= 4 is 0 Å². The highest BCUT2D eigenvalue weighted by Gasteiger charge is 2.04.